The average molecular weight is 351 g/mol. The van der Waals surface area contributed by atoms with Gasteiger partial charge in [-0.15, -0.1) is 0 Å². The number of amides is 2. The maximum Gasteiger partial charge on any atom is 0.322 e. The number of ether oxygens (including phenoxy) is 1. The van der Waals surface area contributed by atoms with Crippen molar-refractivity contribution in [1.82, 2.24) is 10.6 Å². The van der Waals surface area contributed by atoms with Crippen molar-refractivity contribution < 1.29 is 24.2 Å². The zero-order chi connectivity index (χ0) is 18.7. The van der Waals surface area contributed by atoms with Crippen LogP contribution in [-0.4, -0.2) is 48.6 Å². The number of carbonyl (C=O) groups excluding carboxylic acids is 2. The summed E-state index contributed by atoms with van der Waals surface area (Å²) in [4.78, 5) is 33.8. The fourth-order valence-corrected chi connectivity index (χ4v) is 2.09. The molecule has 0 saturated heterocycles. The Hall–Kier alpha value is -2.61. The first-order valence-corrected chi connectivity index (χ1v) is 8.20. The lowest BCUT2D eigenvalue weighted by atomic mass is 10.1. The standard InChI is InChI=1S/C17H25N3O5/c1-2-25-13-8-6-12(7-9-13)16(23)19-10-4-3-5-14(18)17(24)20-11-15(21)22/h6-9,14H,2-5,10-11,18H2,1H3,(H,19,23)(H,20,24)(H,21,22)/t14-/m1/s1. The molecule has 1 atom stereocenters. The summed E-state index contributed by atoms with van der Waals surface area (Å²) in [5, 5.41) is 13.5. The van der Waals surface area contributed by atoms with Crippen LogP contribution in [0.25, 0.3) is 0 Å². The Morgan fingerprint density at radius 1 is 1.16 bits per heavy atom. The van der Waals surface area contributed by atoms with E-state index in [4.69, 9.17) is 15.6 Å². The van der Waals surface area contributed by atoms with E-state index >= 15 is 0 Å². The molecule has 0 fully saturated rings. The third-order valence-corrected chi connectivity index (χ3v) is 3.41. The van der Waals surface area contributed by atoms with Crippen LogP contribution in [0.5, 0.6) is 5.75 Å². The highest BCUT2D eigenvalue weighted by molar-refractivity contribution is 5.94. The molecule has 0 unspecified atom stereocenters. The second kappa shape index (κ2) is 11.0. The van der Waals surface area contributed by atoms with Crippen LogP contribution in [0.4, 0.5) is 0 Å². The third kappa shape index (κ3) is 8.16. The number of benzene rings is 1. The molecule has 8 heteroatoms. The van der Waals surface area contributed by atoms with E-state index in [9.17, 15) is 14.4 Å². The van der Waals surface area contributed by atoms with Crippen LogP contribution in [0, 0.1) is 0 Å². The smallest absolute Gasteiger partial charge is 0.322 e. The van der Waals surface area contributed by atoms with E-state index < -0.39 is 24.5 Å². The minimum absolute atomic E-state index is 0.174. The summed E-state index contributed by atoms with van der Waals surface area (Å²) in [5.74, 6) is -1.06. The molecule has 0 radical (unpaired) electrons. The summed E-state index contributed by atoms with van der Waals surface area (Å²) in [7, 11) is 0. The van der Waals surface area contributed by atoms with E-state index in [1.165, 1.54) is 0 Å². The Kier molecular flexibility index (Phi) is 9.02. The number of carbonyl (C=O) groups is 3. The van der Waals surface area contributed by atoms with Crippen molar-refractivity contribution >= 4 is 17.8 Å². The Balaban J connectivity index is 2.21. The van der Waals surface area contributed by atoms with E-state index in [1.54, 1.807) is 24.3 Å². The quantitative estimate of drug-likeness (QED) is 0.430. The molecule has 1 aromatic rings. The van der Waals surface area contributed by atoms with E-state index in [0.29, 0.717) is 43.7 Å². The fourth-order valence-electron chi connectivity index (χ4n) is 2.09. The molecule has 25 heavy (non-hydrogen) atoms. The van der Waals surface area contributed by atoms with Gasteiger partial charge in [0.25, 0.3) is 5.91 Å². The number of rotatable bonds is 11. The lowest BCUT2D eigenvalue weighted by Crippen LogP contribution is -2.42. The van der Waals surface area contributed by atoms with Gasteiger partial charge in [-0.1, -0.05) is 0 Å². The molecule has 8 nitrogen and oxygen atoms in total. The first-order chi connectivity index (χ1) is 11.9. The van der Waals surface area contributed by atoms with Gasteiger partial charge in [0.05, 0.1) is 12.6 Å². The van der Waals surface area contributed by atoms with Crippen molar-refractivity contribution in [3.8, 4) is 5.75 Å². The SMILES string of the molecule is CCOc1ccc(C(=O)NCCCC[C@@H](N)C(=O)NCC(=O)O)cc1. The van der Waals surface area contributed by atoms with Crippen LogP contribution in [-0.2, 0) is 9.59 Å². The summed E-state index contributed by atoms with van der Waals surface area (Å²) in [6.07, 6.45) is 1.73. The molecule has 0 heterocycles. The van der Waals surface area contributed by atoms with Gasteiger partial charge in [-0.3, -0.25) is 14.4 Å². The molecule has 138 valence electrons. The summed E-state index contributed by atoms with van der Waals surface area (Å²) in [5.41, 5.74) is 6.22. The molecule has 5 N–H and O–H groups in total. The highest BCUT2D eigenvalue weighted by Gasteiger charge is 2.13. The molecule has 0 saturated carbocycles. The second-order valence-electron chi connectivity index (χ2n) is 5.43. The minimum atomic E-state index is -1.11. The number of hydrogen-bond acceptors (Lipinski definition) is 5. The molecule has 0 spiro atoms. The summed E-state index contributed by atoms with van der Waals surface area (Å²) in [6, 6.07) is 6.13. The third-order valence-electron chi connectivity index (χ3n) is 3.41. The number of aliphatic carboxylic acids is 1. The molecular weight excluding hydrogens is 326 g/mol. The summed E-state index contributed by atoms with van der Waals surface area (Å²) >= 11 is 0. The van der Waals surface area contributed by atoms with Gasteiger partial charge in [0.2, 0.25) is 5.91 Å². The van der Waals surface area contributed by atoms with E-state index in [1.807, 2.05) is 6.92 Å². The Labute approximate surface area is 146 Å². The molecule has 1 aromatic carbocycles. The van der Waals surface area contributed by atoms with Gasteiger partial charge in [0.1, 0.15) is 12.3 Å². The first kappa shape index (κ1) is 20.4. The van der Waals surface area contributed by atoms with Crippen molar-refractivity contribution in [2.75, 3.05) is 19.7 Å². The topological polar surface area (TPSA) is 131 Å². The van der Waals surface area contributed by atoms with E-state index in [-0.39, 0.29) is 5.91 Å². The number of nitrogens with one attached hydrogen (secondary N) is 2. The number of carboxylic acids is 1. The number of unbranched alkanes of at least 4 members (excludes halogenated alkanes) is 1. The maximum absolute atomic E-state index is 12.0. The Bertz CT molecular complexity index is 574. The second-order valence-corrected chi connectivity index (χ2v) is 5.43. The van der Waals surface area contributed by atoms with E-state index in [0.717, 1.165) is 0 Å². The molecule has 0 aliphatic rings. The fraction of sp³-hybridized carbons (Fsp3) is 0.471. The predicted molar refractivity (Wildman–Crippen MR) is 92.4 cm³/mol. The number of hydrogen-bond donors (Lipinski definition) is 4. The highest BCUT2D eigenvalue weighted by atomic mass is 16.5. The number of nitrogens with two attached hydrogens (primary N) is 1. The van der Waals surface area contributed by atoms with Gasteiger partial charge in [-0.2, -0.15) is 0 Å². The van der Waals surface area contributed by atoms with Crippen molar-refractivity contribution in [3.63, 3.8) is 0 Å². The van der Waals surface area contributed by atoms with Crippen molar-refractivity contribution in [2.45, 2.75) is 32.2 Å². The maximum atomic E-state index is 12.0. The molecule has 0 aliphatic carbocycles. The highest BCUT2D eigenvalue weighted by Crippen LogP contribution is 2.12. The van der Waals surface area contributed by atoms with Crippen molar-refractivity contribution in [1.29, 1.82) is 0 Å². The lowest BCUT2D eigenvalue weighted by molar-refractivity contribution is -0.138. The Morgan fingerprint density at radius 2 is 1.84 bits per heavy atom. The number of carboxylic acid groups (broad SMARTS) is 1. The first-order valence-electron chi connectivity index (χ1n) is 8.20. The largest absolute Gasteiger partial charge is 0.494 e. The normalized spacial score (nSPS) is 11.4. The van der Waals surface area contributed by atoms with Crippen LogP contribution in [0.2, 0.25) is 0 Å². The molecule has 0 aromatic heterocycles. The molecule has 0 bridgehead atoms. The van der Waals surface area contributed by atoms with Crippen LogP contribution in [0.1, 0.15) is 36.5 Å². The van der Waals surface area contributed by atoms with Crippen LogP contribution >= 0.6 is 0 Å². The molecular formula is C17H25N3O5. The summed E-state index contributed by atoms with van der Waals surface area (Å²) in [6.45, 7) is 2.49. The van der Waals surface area contributed by atoms with Gasteiger partial charge < -0.3 is 26.2 Å². The lowest BCUT2D eigenvalue weighted by Gasteiger charge is -2.11. The van der Waals surface area contributed by atoms with E-state index in [2.05, 4.69) is 10.6 Å². The zero-order valence-electron chi connectivity index (χ0n) is 14.3. The average Bonchev–Trinajstić information content (AvgIpc) is 2.59. The van der Waals surface area contributed by atoms with Gasteiger partial charge in [0, 0.05) is 12.1 Å². The summed E-state index contributed by atoms with van der Waals surface area (Å²) < 4.78 is 5.32. The van der Waals surface area contributed by atoms with Crippen LogP contribution in [0.15, 0.2) is 24.3 Å². The van der Waals surface area contributed by atoms with Crippen molar-refractivity contribution in [2.24, 2.45) is 5.73 Å². The minimum Gasteiger partial charge on any atom is -0.494 e. The van der Waals surface area contributed by atoms with Gasteiger partial charge in [-0.25, -0.2) is 0 Å². The van der Waals surface area contributed by atoms with Gasteiger partial charge in [0.15, 0.2) is 0 Å². The van der Waals surface area contributed by atoms with Gasteiger partial charge in [-0.05, 0) is 50.5 Å². The van der Waals surface area contributed by atoms with Crippen LogP contribution < -0.4 is 21.1 Å². The monoisotopic (exact) mass is 351 g/mol. The van der Waals surface area contributed by atoms with Gasteiger partial charge >= 0.3 is 5.97 Å². The van der Waals surface area contributed by atoms with Crippen molar-refractivity contribution in [3.05, 3.63) is 29.8 Å². The van der Waals surface area contributed by atoms with Crippen LogP contribution in [0.3, 0.4) is 0 Å². The zero-order valence-corrected chi connectivity index (χ0v) is 14.3. The predicted octanol–water partition coefficient (Wildman–Crippen LogP) is 0.514. The molecule has 1 rings (SSSR count). The molecule has 0 aliphatic heterocycles. The Morgan fingerprint density at radius 3 is 2.44 bits per heavy atom. The molecule has 2 amide bonds.